The fourth-order valence-corrected chi connectivity index (χ4v) is 2.61. The summed E-state index contributed by atoms with van der Waals surface area (Å²) in [5, 5.41) is 0. The van der Waals surface area contributed by atoms with Crippen LogP contribution in [0.3, 0.4) is 0 Å². The summed E-state index contributed by atoms with van der Waals surface area (Å²) in [6.07, 6.45) is 5.87. The molecule has 1 aromatic rings. The minimum absolute atomic E-state index is 0.0228. The second kappa shape index (κ2) is 6.16. The fourth-order valence-electron chi connectivity index (χ4n) is 2.61. The SMILES string of the molecule is CCOc1cncc(C(N)C2CCOC2CC)c1. The van der Waals surface area contributed by atoms with E-state index in [-0.39, 0.29) is 12.1 Å². The molecule has 2 rings (SSSR count). The Labute approximate surface area is 108 Å². The van der Waals surface area contributed by atoms with Crippen molar-refractivity contribution < 1.29 is 9.47 Å². The lowest BCUT2D eigenvalue weighted by Gasteiger charge is -2.24. The second-order valence-corrected chi connectivity index (χ2v) is 4.68. The molecule has 3 unspecified atom stereocenters. The minimum atomic E-state index is -0.0228. The average Bonchev–Trinajstić information content (AvgIpc) is 2.87. The van der Waals surface area contributed by atoms with Gasteiger partial charge in [-0.15, -0.1) is 0 Å². The Bertz CT molecular complexity index is 384. The summed E-state index contributed by atoms with van der Waals surface area (Å²) in [6, 6.07) is 1.97. The van der Waals surface area contributed by atoms with Gasteiger partial charge in [-0.05, 0) is 31.4 Å². The van der Waals surface area contributed by atoms with Crippen molar-refractivity contribution >= 4 is 0 Å². The van der Waals surface area contributed by atoms with E-state index < -0.39 is 0 Å². The lowest BCUT2D eigenvalue weighted by atomic mass is 9.88. The summed E-state index contributed by atoms with van der Waals surface area (Å²) >= 11 is 0. The molecule has 1 saturated heterocycles. The molecule has 0 bridgehead atoms. The van der Waals surface area contributed by atoms with Crippen LogP contribution >= 0.6 is 0 Å². The minimum Gasteiger partial charge on any atom is -0.492 e. The van der Waals surface area contributed by atoms with Crippen molar-refractivity contribution in [2.24, 2.45) is 11.7 Å². The summed E-state index contributed by atoms with van der Waals surface area (Å²) in [7, 11) is 0. The number of aromatic nitrogens is 1. The van der Waals surface area contributed by atoms with Gasteiger partial charge in [0.2, 0.25) is 0 Å². The Kier molecular flexibility index (Phi) is 4.55. The van der Waals surface area contributed by atoms with Crippen LogP contribution in [-0.2, 0) is 4.74 Å². The molecule has 2 heterocycles. The van der Waals surface area contributed by atoms with Gasteiger partial charge in [0.15, 0.2) is 0 Å². The maximum Gasteiger partial charge on any atom is 0.137 e. The van der Waals surface area contributed by atoms with E-state index in [4.69, 9.17) is 15.2 Å². The van der Waals surface area contributed by atoms with Gasteiger partial charge < -0.3 is 15.2 Å². The van der Waals surface area contributed by atoms with E-state index in [2.05, 4.69) is 11.9 Å². The quantitative estimate of drug-likeness (QED) is 0.871. The van der Waals surface area contributed by atoms with E-state index in [1.165, 1.54) is 0 Å². The number of nitrogens with two attached hydrogens (primary N) is 1. The first-order chi connectivity index (χ1) is 8.76. The zero-order chi connectivity index (χ0) is 13.0. The molecule has 1 aliphatic heterocycles. The maximum atomic E-state index is 6.36. The molecule has 3 atom stereocenters. The van der Waals surface area contributed by atoms with Crippen molar-refractivity contribution in [3.8, 4) is 5.75 Å². The van der Waals surface area contributed by atoms with E-state index in [9.17, 15) is 0 Å². The van der Waals surface area contributed by atoms with Crippen molar-refractivity contribution in [2.75, 3.05) is 13.2 Å². The predicted octanol–water partition coefficient (Wildman–Crippen LogP) is 2.30. The lowest BCUT2D eigenvalue weighted by molar-refractivity contribution is 0.0813. The molecule has 1 aliphatic rings. The lowest BCUT2D eigenvalue weighted by Crippen LogP contribution is -2.28. The van der Waals surface area contributed by atoms with Crippen molar-refractivity contribution in [1.29, 1.82) is 0 Å². The van der Waals surface area contributed by atoms with Crippen molar-refractivity contribution in [3.63, 3.8) is 0 Å². The zero-order valence-electron chi connectivity index (χ0n) is 11.1. The van der Waals surface area contributed by atoms with E-state index in [1.54, 1.807) is 6.20 Å². The zero-order valence-corrected chi connectivity index (χ0v) is 11.1. The molecule has 0 aromatic carbocycles. The average molecular weight is 250 g/mol. The van der Waals surface area contributed by atoms with Gasteiger partial charge in [-0.1, -0.05) is 6.92 Å². The summed E-state index contributed by atoms with van der Waals surface area (Å²) in [4.78, 5) is 4.20. The molecule has 2 N–H and O–H groups in total. The van der Waals surface area contributed by atoms with Crippen LogP contribution in [0.2, 0.25) is 0 Å². The first kappa shape index (κ1) is 13.3. The van der Waals surface area contributed by atoms with Gasteiger partial charge in [-0.2, -0.15) is 0 Å². The third-order valence-corrected chi connectivity index (χ3v) is 3.55. The van der Waals surface area contributed by atoms with Crippen molar-refractivity contribution in [3.05, 3.63) is 24.0 Å². The number of nitrogens with zero attached hydrogens (tertiary/aromatic N) is 1. The first-order valence-electron chi connectivity index (χ1n) is 6.71. The normalized spacial score (nSPS) is 25.1. The topological polar surface area (TPSA) is 57.4 Å². The highest BCUT2D eigenvalue weighted by molar-refractivity contribution is 5.26. The molecule has 4 nitrogen and oxygen atoms in total. The van der Waals surface area contributed by atoms with Crippen LogP contribution in [0.25, 0.3) is 0 Å². The van der Waals surface area contributed by atoms with Gasteiger partial charge >= 0.3 is 0 Å². The number of hydrogen-bond donors (Lipinski definition) is 1. The Balaban J connectivity index is 2.12. The van der Waals surface area contributed by atoms with Crippen molar-refractivity contribution in [1.82, 2.24) is 4.98 Å². The highest BCUT2D eigenvalue weighted by atomic mass is 16.5. The van der Waals surface area contributed by atoms with Crippen LogP contribution in [0, 0.1) is 5.92 Å². The molecule has 0 spiro atoms. The largest absolute Gasteiger partial charge is 0.492 e. The molecule has 1 aromatic heterocycles. The summed E-state index contributed by atoms with van der Waals surface area (Å²) < 4.78 is 11.2. The molecular formula is C14H22N2O2. The smallest absolute Gasteiger partial charge is 0.137 e. The number of ether oxygens (including phenoxy) is 2. The highest BCUT2D eigenvalue weighted by Crippen LogP contribution is 2.33. The summed E-state index contributed by atoms with van der Waals surface area (Å²) in [6.45, 7) is 5.56. The number of rotatable bonds is 5. The third kappa shape index (κ3) is 2.82. The molecule has 0 aliphatic carbocycles. The standard InChI is InChI=1S/C14H22N2O2/c1-3-13-12(5-6-18-13)14(15)10-7-11(17-4-2)9-16-8-10/h7-9,12-14H,3-6,15H2,1-2H3. The third-order valence-electron chi connectivity index (χ3n) is 3.55. The fraction of sp³-hybridized carbons (Fsp3) is 0.643. The predicted molar refractivity (Wildman–Crippen MR) is 70.5 cm³/mol. The molecule has 18 heavy (non-hydrogen) atoms. The highest BCUT2D eigenvalue weighted by Gasteiger charge is 2.32. The van der Waals surface area contributed by atoms with Crippen LogP contribution in [-0.4, -0.2) is 24.3 Å². The van der Waals surface area contributed by atoms with Gasteiger partial charge in [-0.25, -0.2) is 0 Å². The number of hydrogen-bond acceptors (Lipinski definition) is 4. The molecule has 0 amide bonds. The molecular weight excluding hydrogens is 228 g/mol. The van der Waals surface area contributed by atoms with Gasteiger partial charge in [0.05, 0.1) is 18.9 Å². The first-order valence-corrected chi connectivity index (χ1v) is 6.71. The van der Waals surface area contributed by atoms with Gasteiger partial charge in [0.25, 0.3) is 0 Å². The van der Waals surface area contributed by atoms with E-state index in [1.807, 2.05) is 19.2 Å². The monoisotopic (exact) mass is 250 g/mol. The summed E-state index contributed by atoms with van der Waals surface area (Å²) in [5.74, 6) is 1.17. The molecule has 100 valence electrons. The van der Waals surface area contributed by atoms with Gasteiger partial charge in [0.1, 0.15) is 5.75 Å². The molecule has 4 heteroatoms. The second-order valence-electron chi connectivity index (χ2n) is 4.68. The van der Waals surface area contributed by atoms with Crippen LogP contribution in [0.4, 0.5) is 0 Å². The van der Waals surface area contributed by atoms with Crippen LogP contribution in [0.15, 0.2) is 18.5 Å². The van der Waals surface area contributed by atoms with Gasteiger partial charge in [-0.3, -0.25) is 4.98 Å². The van der Waals surface area contributed by atoms with Crippen LogP contribution in [0.1, 0.15) is 38.3 Å². The summed E-state index contributed by atoms with van der Waals surface area (Å²) in [5.41, 5.74) is 7.39. The van der Waals surface area contributed by atoms with Crippen LogP contribution in [0.5, 0.6) is 5.75 Å². The Hall–Kier alpha value is -1.13. The molecule has 0 saturated carbocycles. The Morgan fingerprint density at radius 1 is 1.50 bits per heavy atom. The van der Waals surface area contributed by atoms with E-state index in [0.29, 0.717) is 12.5 Å². The van der Waals surface area contributed by atoms with E-state index in [0.717, 1.165) is 30.8 Å². The Morgan fingerprint density at radius 3 is 3.06 bits per heavy atom. The number of pyridine rings is 1. The maximum absolute atomic E-state index is 6.36. The Morgan fingerprint density at radius 2 is 2.33 bits per heavy atom. The molecule has 1 fully saturated rings. The van der Waals surface area contributed by atoms with Gasteiger partial charge in [0, 0.05) is 24.8 Å². The van der Waals surface area contributed by atoms with E-state index >= 15 is 0 Å². The van der Waals surface area contributed by atoms with Crippen molar-refractivity contribution in [2.45, 2.75) is 38.8 Å². The molecule has 0 radical (unpaired) electrons. The van der Waals surface area contributed by atoms with Crippen LogP contribution < -0.4 is 10.5 Å².